The van der Waals surface area contributed by atoms with Crippen molar-refractivity contribution in [3.8, 4) is 11.4 Å². The Labute approximate surface area is 101 Å². The second-order valence-corrected chi connectivity index (χ2v) is 4.61. The number of aromatic nitrogens is 3. The monoisotopic (exact) mass is 230 g/mol. The average molecular weight is 230 g/mol. The summed E-state index contributed by atoms with van der Waals surface area (Å²) in [6.07, 6.45) is 1.78. The van der Waals surface area contributed by atoms with Crippen molar-refractivity contribution in [1.29, 1.82) is 0 Å². The molecule has 0 aliphatic rings. The Morgan fingerprint density at radius 1 is 1.35 bits per heavy atom. The lowest BCUT2D eigenvalue weighted by atomic mass is 10.1. The quantitative estimate of drug-likeness (QED) is 0.874. The summed E-state index contributed by atoms with van der Waals surface area (Å²) in [5, 5.41) is 8.18. The minimum atomic E-state index is 0.548. The molecule has 90 valence electrons. The van der Waals surface area contributed by atoms with Gasteiger partial charge in [0.2, 0.25) is 0 Å². The Morgan fingerprint density at radius 2 is 2.18 bits per heavy atom. The molecule has 4 heteroatoms. The molecule has 0 radical (unpaired) electrons. The molecule has 2 N–H and O–H groups in total. The van der Waals surface area contributed by atoms with Crippen LogP contribution in [0.3, 0.4) is 0 Å². The molecule has 4 nitrogen and oxygen atoms in total. The SMILES string of the molecule is CC(C)Cn1cnnc1-c1cccc(CN)c1. The van der Waals surface area contributed by atoms with E-state index in [1.165, 1.54) is 0 Å². The van der Waals surface area contributed by atoms with E-state index in [1.54, 1.807) is 6.33 Å². The maximum atomic E-state index is 5.65. The molecule has 0 unspecified atom stereocenters. The van der Waals surface area contributed by atoms with Crippen molar-refractivity contribution in [2.24, 2.45) is 11.7 Å². The lowest BCUT2D eigenvalue weighted by Gasteiger charge is -2.09. The largest absolute Gasteiger partial charge is 0.326 e. The predicted octanol–water partition coefficient (Wildman–Crippen LogP) is 2.06. The van der Waals surface area contributed by atoms with E-state index in [1.807, 2.05) is 18.2 Å². The van der Waals surface area contributed by atoms with Gasteiger partial charge in [-0.05, 0) is 17.5 Å². The summed E-state index contributed by atoms with van der Waals surface area (Å²) in [6, 6.07) is 8.14. The zero-order chi connectivity index (χ0) is 12.3. The van der Waals surface area contributed by atoms with Gasteiger partial charge in [0.15, 0.2) is 5.82 Å². The van der Waals surface area contributed by atoms with Crippen molar-refractivity contribution in [2.75, 3.05) is 0 Å². The molecule has 0 saturated heterocycles. The topological polar surface area (TPSA) is 56.7 Å². The zero-order valence-electron chi connectivity index (χ0n) is 10.3. The second-order valence-electron chi connectivity index (χ2n) is 4.61. The van der Waals surface area contributed by atoms with Crippen LogP contribution in [-0.2, 0) is 13.1 Å². The van der Waals surface area contributed by atoms with E-state index in [2.05, 4.69) is 34.7 Å². The average Bonchev–Trinajstić information content (AvgIpc) is 2.76. The molecule has 1 aromatic heterocycles. The molecular formula is C13H18N4. The minimum absolute atomic E-state index is 0.548. The van der Waals surface area contributed by atoms with Gasteiger partial charge >= 0.3 is 0 Å². The van der Waals surface area contributed by atoms with Gasteiger partial charge in [-0.15, -0.1) is 10.2 Å². The first kappa shape index (κ1) is 11.8. The van der Waals surface area contributed by atoms with E-state index in [4.69, 9.17) is 5.73 Å². The van der Waals surface area contributed by atoms with E-state index in [9.17, 15) is 0 Å². The third-order valence-electron chi connectivity index (χ3n) is 2.60. The molecule has 2 rings (SSSR count). The van der Waals surface area contributed by atoms with Crippen molar-refractivity contribution in [2.45, 2.75) is 26.9 Å². The maximum absolute atomic E-state index is 5.65. The Hall–Kier alpha value is -1.68. The molecule has 1 heterocycles. The van der Waals surface area contributed by atoms with Crippen molar-refractivity contribution in [3.63, 3.8) is 0 Å². The minimum Gasteiger partial charge on any atom is -0.326 e. The van der Waals surface area contributed by atoms with Crippen LogP contribution < -0.4 is 5.73 Å². The molecule has 0 atom stereocenters. The summed E-state index contributed by atoms with van der Waals surface area (Å²) < 4.78 is 2.08. The highest BCUT2D eigenvalue weighted by Crippen LogP contribution is 2.18. The fourth-order valence-electron chi connectivity index (χ4n) is 1.84. The van der Waals surface area contributed by atoms with Crippen molar-refractivity contribution in [3.05, 3.63) is 36.2 Å². The number of benzene rings is 1. The zero-order valence-corrected chi connectivity index (χ0v) is 10.3. The summed E-state index contributed by atoms with van der Waals surface area (Å²) in [7, 11) is 0. The Kier molecular flexibility index (Phi) is 3.54. The molecule has 0 aliphatic carbocycles. The van der Waals surface area contributed by atoms with Crippen LogP contribution in [0.5, 0.6) is 0 Å². The molecule has 17 heavy (non-hydrogen) atoms. The molecular weight excluding hydrogens is 212 g/mol. The number of hydrogen-bond donors (Lipinski definition) is 1. The Morgan fingerprint density at radius 3 is 2.88 bits per heavy atom. The van der Waals surface area contributed by atoms with Crippen LogP contribution in [0, 0.1) is 5.92 Å². The molecule has 0 saturated carbocycles. The van der Waals surface area contributed by atoms with Gasteiger partial charge in [0.25, 0.3) is 0 Å². The normalized spacial score (nSPS) is 11.1. The fourth-order valence-corrected chi connectivity index (χ4v) is 1.84. The maximum Gasteiger partial charge on any atom is 0.163 e. The number of nitrogens with two attached hydrogens (primary N) is 1. The third-order valence-corrected chi connectivity index (χ3v) is 2.60. The molecule has 2 aromatic rings. The van der Waals surface area contributed by atoms with Crippen molar-refractivity contribution < 1.29 is 0 Å². The van der Waals surface area contributed by atoms with E-state index >= 15 is 0 Å². The van der Waals surface area contributed by atoms with Gasteiger partial charge in [0, 0.05) is 18.7 Å². The molecule has 0 bridgehead atoms. The first-order chi connectivity index (χ1) is 8.20. The summed E-state index contributed by atoms with van der Waals surface area (Å²) in [5.74, 6) is 1.48. The number of hydrogen-bond acceptors (Lipinski definition) is 3. The Balaban J connectivity index is 2.35. The lowest BCUT2D eigenvalue weighted by molar-refractivity contribution is 0.525. The first-order valence-electron chi connectivity index (χ1n) is 5.88. The molecule has 0 aliphatic heterocycles. The Bertz CT molecular complexity index is 488. The van der Waals surface area contributed by atoms with E-state index < -0.39 is 0 Å². The summed E-state index contributed by atoms with van der Waals surface area (Å²) >= 11 is 0. The van der Waals surface area contributed by atoms with Crippen LogP contribution in [0.15, 0.2) is 30.6 Å². The number of rotatable bonds is 4. The highest BCUT2D eigenvalue weighted by Gasteiger charge is 2.08. The van der Waals surface area contributed by atoms with Gasteiger partial charge in [-0.25, -0.2) is 0 Å². The third kappa shape index (κ3) is 2.71. The number of nitrogens with zero attached hydrogens (tertiary/aromatic N) is 3. The van der Waals surface area contributed by atoms with Crippen LogP contribution in [-0.4, -0.2) is 14.8 Å². The lowest BCUT2D eigenvalue weighted by Crippen LogP contribution is -2.05. The van der Waals surface area contributed by atoms with Gasteiger partial charge in [-0.2, -0.15) is 0 Å². The second kappa shape index (κ2) is 5.10. The fraction of sp³-hybridized carbons (Fsp3) is 0.385. The summed E-state index contributed by atoms with van der Waals surface area (Å²) in [4.78, 5) is 0. The summed E-state index contributed by atoms with van der Waals surface area (Å²) in [6.45, 7) is 5.83. The van der Waals surface area contributed by atoms with Gasteiger partial charge < -0.3 is 10.3 Å². The molecule has 0 spiro atoms. The predicted molar refractivity (Wildman–Crippen MR) is 68.2 cm³/mol. The van der Waals surface area contributed by atoms with E-state index in [-0.39, 0.29) is 0 Å². The van der Waals surface area contributed by atoms with Crippen LogP contribution in [0.1, 0.15) is 19.4 Å². The summed E-state index contributed by atoms with van der Waals surface area (Å²) in [5.41, 5.74) is 7.84. The van der Waals surface area contributed by atoms with Gasteiger partial charge in [-0.1, -0.05) is 32.0 Å². The van der Waals surface area contributed by atoms with Crippen LogP contribution >= 0.6 is 0 Å². The van der Waals surface area contributed by atoms with E-state index in [0.717, 1.165) is 23.5 Å². The standard InChI is InChI=1S/C13H18N4/c1-10(2)8-17-9-15-16-13(17)12-5-3-4-11(6-12)7-14/h3-6,9-10H,7-8,14H2,1-2H3. The molecule has 0 amide bonds. The van der Waals surface area contributed by atoms with Crippen LogP contribution in [0.2, 0.25) is 0 Å². The molecule has 0 fully saturated rings. The molecule has 1 aromatic carbocycles. The highest BCUT2D eigenvalue weighted by molar-refractivity contribution is 5.56. The van der Waals surface area contributed by atoms with Crippen molar-refractivity contribution >= 4 is 0 Å². The van der Waals surface area contributed by atoms with Gasteiger partial charge in [0.1, 0.15) is 6.33 Å². The van der Waals surface area contributed by atoms with Crippen LogP contribution in [0.25, 0.3) is 11.4 Å². The highest BCUT2D eigenvalue weighted by atomic mass is 15.3. The smallest absolute Gasteiger partial charge is 0.163 e. The van der Waals surface area contributed by atoms with Crippen molar-refractivity contribution in [1.82, 2.24) is 14.8 Å². The van der Waals surface area contributed by atoms with E-state index in [0.29, 0.717) is 12.5 Å². The van der Waals surface area contributed by atoms with Gasteiger partial charge in [0.05, 0.1) is 0 Å². The van der Waals surface area contributed by atoms with Gasteiger partial charge in [-0.3, -0.25) is 0 Å². The van der Waals surface area contributed by atoms with Crippen LogP contribution in [0.4, 0.5) is 0 Å². The first-order valence-corrected chi connectivity index (χ1v) is 5.88.